The second-order valence-electron chi connectivity index (χ2n) is 6.37. The third kappa shape index (κ3) is 3.29. The topological polar surface area (TPSA) is 81.8 Å². The van der Waals surface area contributed by atoms with Gasteiger partial charge in [0.25, 0.3) is 5.56 Å². The van der Waals surface area contributed by atoms with Crippen LogP contribution in [0.5, 0.6) is 0 Å². The zero-order valence-corrected chi connectivity index (χ0v) is 15.4. The normalized spacial score (nSPS) is 10.9. The van der Waals surface area contributed by atoms with Gasteiger partial charge in [-0.05, 0) is 30.2 Å². The van der Waals surface area contributed by atoms with Crippen molar-refractivity contribution >= 4 is 22.6 Å². The molecule has 0 unspecified atom stereocenters. The molecule has 0 aliphatic carbocycles. The fourth-order valence-corrected chi connectivity index (χ4v) is 3.11. The maximum absolute atomic E-state index is 12.8. The predicted molar refractivity (Wildman–Crippen MR) is 108 cm³/mol. The maximum Gasteiger partial charge on any atom is 0.264 e. The summed E-state index contributed by atoms with van der Waals surface area (Å²) in [5.41, 5.74) is 2.78. The molecule has 140 valence electrons. The Hall–Kier alpha value is -3.74. The summed E-state index contributed by atoms with van der Waals surface area (Å²) in [6.45, 7) is 1.91. The van der Waals surface area contributed by atoms with Crippen molar-refractivity contribution in [2.45, 2.75) is 19.9 Å². The van der Waals surface area contributed by atoms with Gasteiger partial charge in [0.1, 0.15) is 18.3 Å². The number of rotatable bonds is 5. The summed E-state index contributed by atoms with van der Waals surface area (Å²) in [5.74, 6) is -0.278. The molecule has 0 aliphatic heterocycles. The zero-order valence-electron chi connectivity index (χ0n) is 15.4. The van der Waals surface area contributed by atoms with Gasteiger partial charge in [0.15, 0.2) is 5.65 Å². The van der Waals surface area contributed by atoms with Crippen LogP contribution in [0.4, 0.5) is 5.69 Å². The minimum Gasteiger partial charge on any atom is -0.324 e. The van der Waals surface area contributed by atoms with Crippen LogP contribution in [0.1, 0.15) is 12.5 Å². The summed E-state index contributed by atoms with van der Waals surface area (Å²) in [7, 11) is 0. The van der Waals surface area contributed by atoms with Crippen molar-refractivity contribution in [1.29, 1.82) is 0 Å². The van der Waals surface area contributed by atoms with E-state index in [0.29, 0.717) is 11.0 Å². The molecule has 1 amide bonds. The van der Waals surface area contributed by atoms with Crippen molar-refractivity contribution in [1.82, 2.24) is 19.3 Å². The molecule has 7 heteroatoms. The number of nitrogens with zero attached hydrogens (tertiary/aromatic N) is 4. The Morgan fingerprint density at radius 2 is 1.82 bits per heavy atom. The van der Waals surface area contributed by atoms with E-state index in [0.717, 1.165) is 23.4 Å². The van der Waals surface area contributed by atoms with Crippen LogP contribution in [0.15, 0.2) is 71.9 Å². The monoisotopic (exact) mass is 373 g/mol. The first-order valence-corrected chi connectivity index (χ1v) is 9.03. The van der Waals surface area contributed by atoms with Crippen LogP contribution in [0, 0.1) is 0 Å². The molecule has 4 rings (SSSR count). The summed E-state index contributed by atoms with van der Waals surface area (Å²) in [4.78, 5) is 29.6. The van der Waals surface area contributed by atoms with Crippen LogP contribution >= 0.6 is 0 Å². The molecule has 4 aromatic rings. The van der Waals surface area contributed by atoms with Crippen LogP contribution in [0.25, 0.3) is 16.7 Å². The first-order valence-electron chi connectivity index (χ1n) is 9.03. The summed E-state index contributed by atoms with van der Waals surface area (Å²) in [6, 6.07) is 17.1. The quantitative estimate of drug-likeness (QED) is 0.583. The smallest absolute Gasteiger partial charge is 0.264 e. The van der Waals surface area contributed by atoms with Crippen LogP contribution in [-0.4, -0.2) is 25.2 Å². The second kappa shape index (κ2) is 7.48. The highest BCUT2D eigenvalue weighted by molar-refractivity contribution is 5.91. The number of para-hydroxylation sites is 2. The molecule has 0 spiro atoms. The molecule has 0 radical (unpaired) electrons. The molecule has 2 heterocycles. The van der Waals surface area contributed by atoms with Gasteiger partial charge in [0.2, 0.25) is 5.91 Å². The van der Waals surface area contributed by atoms with Gasteiger partial charge in [-0.1, -0.05) is 43.3 Å². The molecule has 0 saturated heterocycles. The fourth-order valence-electron chi connectivity index (χ4n) is 3.11. The van der Waals surface area contributed by atoms with Crippen LogP contribution in [-0.2, 0) is 17.8 Å². The van der Waals surface area contributed by atoms with E-state index in [-0.39, 0.29) is 18.0 Å². The van der Waals surface area contributed by atoms with E-state index in [9.17, 15) is 9.59 Å². The molecule has 1 N–H and O–H groups in total. The van der Waals surface area contributed by atoms with Crippen LogP contribution in [0.2, 0.25) is 0 Å². The molecule has 28 heavy (non-hydrogen) atoms. The second-order valence-corrected chi connectivity index (χ2v) is 6.37. The van der Waals surface area contributed by atoms with Crippen molar-refractivity contribution in [2.24, 2.45) is 0 Å². The minimum atomic E-state index is -0.300. The molecule has 0 aliphatic rings. The molecule has 2 aromatic heterocycles. The number of carbonyl (C=O) groups is 1. The van der Waals surface area contributed by atoms with Gasteiger partial charge in [0.05, 0.1) is 11.9 Å². The van der Waals surface area contributed by atoms with E-state index in [1.807, 2.05) is 61.5 Å². The average Bonchev–Trinajstić information content (AvgIpc) is 3.16. The Kier molecular flexibility index (Phi) is 4.72. The first-order chi connectivity index (χ1) is 13.7. The molecular weight excluding hydrogens is 354 g/mol. The third-order valence-electron chi connectivity index (χ3n) is 4.54. The summed E-state index contributed by atoms with van der Waals surface area (Å²) >= 11 is 0. The number of aryl methyl sites for hydroxylation is 1. The molecule has 0 saturated carbocycles. The number of fused-ring (bicyclic) bond motifs is 1. The molecule has 2 aromatic carbocycles. The summed E-state index contributed by atoms with van der Waals surface area (Å²) in [6.07, 6.45) is 3.68. The van der Waals surface area contributed by atoms with E-state index >= 15 is 0 Å². The number of nitrogens with one attached hydrogen (secondary N) is 1. The Labute approximate surface area is 161 Å². The van der Waals surface area contributed by atoms with E-state index in [1.165, 1.54) is 17.1 Å². The average molecular weight is 373 g/mol. The number of amides is 1. The lowest BCUT2D eigenvalue weighted by Crippen LogP contribution is -2.28. The standard InChI is InChI=1S/C21H19N5O2/c1-2-15-8-6-7-11-18(15)24-19(27)13-25-14-22-20-17(21(25)28)12-23-26(20)16-9-4-3-5-10-16/h3-12,14H,2,13H2,1H3,(H,24,27). The lowest BCUT2D eigenvalue weighted by Gasteiger charge is -2.10. The number of carbonyl (C=O) groups excluding carboxylic acids is 1. The number of hydrogen-bond donors (Lipinski definition) is 1. The molecule has 0 bridgehead atoms. The van der Waals surface area contributed by atoms with Gasteiger partial charge in [-0.15, -0.1) is 0 Å². The molecule has 0 atom stereocenters. The van der Waals surface area contributed by atoms with Crippen molar-refractivity contribution in [3.63, 3.8) is 0 Å². The summed E-state index contributed by atoms with van der Waals surface area (Å²) in [5, 5.41) is 7.51. The number of benzene rings is 2. The van der Waals surface area contributed by atoms with Gasteiger partial charge < -0.3 is 5.32 Å². The van der Waals surface area contributed by atoms with Gasteiger partial charge in [-0.25, -0.2) is 9.67 Å². The molecular formula is C21H19N5O2. The lowest BCUT2D eigenvalue weighted by atomic mass is 10.1. The van der Waals surface area contributed by atoms with Crippen molar-refractivity contribution in [3.8, 4) is 5.69 Å². The first kappa shape index (κ1) is 17.7. The molecule has 0 fully saturated rings. The lowest BCUT2D eigenvalue weighted by molar-refractivity contribution is -0.116. The summed E-state index contributed by atoms with van der Waals surface area (Å²) < 4.78 is 2.90. The van der Waals surface area contributed by atoms with Gasteiger partial charge >= 0.3 is 0 Å². The van der Waals surface area contributed by atoms with Gasteiger partial charge in [-0.2, -0.15) is 5.10 Å². The molecule has 7 nitrogen and oxygen atoms in total. The van der Waals surface area contributed by atoms with Gasteiger partial charge in [0, 0.05) is 5.69 Å². The third-order valence-corrected chi connectivity index (χ3v) is 4.54. The van der Waals surface area contributed by atoms with Crippen LogP contribution < -0.4 is 10.9 Å². The number of anilines is 1. The fraction of sp³-hybridized carbons (Fsp3) is 0.143. The van der Waals surface area contributed by atoms with Crippen molar-refractivity contribution < 1.29 is 4.79 Å². The maximum atomic E-state index is 12.8. The largest absolute Gasteiger partial charge is 0.324 e. The SMILES string of the molecule is CCc1ccccc1NC(=O)Cn1cnc2c(cnn2-c2ccccc2)c1=O. The highest BCUT2D eigenvalue weighted by Crippen LogP contribution is 2.16. The highest BCUT2D eigenvalue weighted by Gasteiger charge is 2.13. The Bertz CT molecular complexity index is 1190. The Morgan fingerprint density at radius 3 is 2.61 bits per heavy atom. The van der Waals surface area contributed by atoms with E-state index in [2.05, 4.69) is 15.4 Å². The van der Waals surface area contributed by atoms with Crippen molar-refractivity contribution in [3.05, 3.63) is 83.0 Å². The van der Waals surface area contributed by atoms with E-state index in [1.54, 1.807) is 4.68 Å². The highest BCUT2D eigenvalue weighted by atomic mass is 16.2. The predicted octanol–water partition coefficient (Wildman–Crippen LogP) is 2.78. The van der Waals surface area contributed by atoms with E-state index < -0.39 is 0 Å². The Balaban J connectivity index is 1.61. The van der Waals surface area contributed by atoms with Gasteiger partial charge in [-0.3, -0.25) is 14.2 Å². The van der Waals surface area contributed by atoms with Crippen molar-refractivity contribution in [2.75, 3.05) is 5.32 Å². The van der Waals surface area contributed by atoms with Crippen LogP contribution in [0.3, 0.4) is 0 Å². The van der Waals surface area contributed by atoms with E-state index in [4.69, 9.17) is 0 Å². The number of hydrogen-bond acceptors (Lipinski definition) is 4. The zero-order chi connectivity index (χ0) is 19.5. The Morgan fingerprint density at radius 1 is 1.07 bits per heavy atom. The number of aromatic nitrogens is 4. The minimum absolute atomic E-state index is 0.115.